The van der Waals surface area contributed by atoms with Crippen molar-refractivity contribution in [2.24, 2.45) is 17.6 Å². The summed E-state index contributed by atoms with van der Waals surface area (Å²) in [5.74, 6) is -0.124. The second-order valence-corrected chi connectivity index (χ2v) is 5.63. The Kier molecular flexibility index (Phi) is 3.78. The maximum Gasteiger partial charge on any atom is 0.243 e. The molecule has 104 valence electrons. The SMILES string of the molecule is CC1CCCC(Nc2cccc(F)c2)(C(N)=O)C1C. The molecule has 19 heavy (non-hydrogen) atoms. The van der Waals surface area contributed by atoms with Crippen LogP contribution in [-0.2, 0) is 4.79 Å². The largest absolute Gasteiger partial charge is 0.371 e. The highest BCUT2D eigenvalue weighted by Crippen LogP contribution is 2.39. The van der Waals surface area contributed by atoms with E-state index in [2.05, 4.69) is 12.2 Å². The fourth-order valence-corrected chi connectivity index (χ4v) is 3.08. The molecule has 0 saturated heterocycles. The van der Waals surface area contributed by atoms with Crippen LogP contribution in [0.2, 0.25) is 0 Å². The van der Waals surface area contributed by atoms with Crippen LogP contribution in [0, 0.1) is 17.7 Å². The van der Waals surface area contributed by atoms with Gasteiger partial charge in [0.1, 0.15) is 11.4 Å². The fraction of sp³-hybridized carbons (Fsp3) is 0.533. The summed E-state index contributed by atoms with van der Waals surface area (Å²) in [5.41, 5.74) is 5.48. The van der Waals surface area contributed by atoms with Crippen LogP contribution in [0.5, 0.6) is 0 Å². The zero-order valence-electron chi connectivity index (χ0n) is 11.4. The van der Waals surface area contributed by atoms with Crippen molar-refractivity contribution in [2.75, 3.05) is 5.32 Å². The van der Waals surface area contributed by atoms with Crippen molar-refractivity contribution in [3.63, 3.8) is 0 Å². The van der Waals surface area contributed by atoms with Crippen LogP contribution in [0.3, 0.4) is 0 Å². The molecule has 1 aromatic rings. The van der Waals surface area contributed by atoms with Crippen LogP contribution < -0.4 is 11.1 Å². The van der Waals surface area contributed by atoms with Gasteiger partial charge in [0.05, 0.1) is 0 Å². The van der Waals surface area contributed by atoms with Gasteiger partial charge in [0.2, 0.25) is 5.91 Å². The van der Waals surface area contributed by atoms with E-state index in [1.165, 1.54) is 12.1 Å². The van der Waals surface area contributed by atoms with Gasteiger partial charge in [0.25, 0.3) is 0 Å². The number of nitrogens with two attached hydrogens (primary N) is 1. The van der Waals surface area contributed by atoms with Crippen LogP contribution in [-0.4, -0.2) is 11.4 Å². The van der Waals surface area contributed by atoms with Crippen molar-refractivity contribution in [2.45, 2.75) is 38.6 Å². The Morgan fingerprint density at radius 2 is 2.21 bits per heavy atom. The first-order valence-electron chi connectivity index (χ1n) is 6.79. The summed E-state index contributed by atoms with van der Waals surface area (Å²) in [6, 6.07) is 6.18. The molecule has 3 nitrogen and oxygen atoms in total. The Morgan fingerprint density at radius 3 is 2.84 bits per heavy atom. The normalized spacial score (nSPS) is 30.9. The van der Waals surface area contributed by atoms with Crippen LogP contribution in [0.15, 0.2) is 24.3 Å². The Hall–Kier alpha value is -1.58. The lowest BCUT2D eigenvalue weighted by Crippen LogP contribution is -2.58. The number of primary amides is 1. The van der Waals surface area contributed by atoms with Crippen LogP contribution in [0.4, 0.5) is 10.1 Å². The molecule has 0 heterocycles. The predicted molar refractivity (Wildman–Crippen MR) is 74.1 cm³/mol. The van der Waals surface area contributed by atoms with Gasteiger partial charge in [-0.1, -0.05) is 32.8 Å². The average Bonchev–Trinajstić information content (AvgIpc) is 2.35. The number of carbonyl (C=O) groups excluding carboxylic acids is 1. The molecule has 0 bridgehead atoms. The smallest absolute Gasteiger partial charge is 0.243 e. The second kappa shape index (κ2) is 5.19. The van der Waals surface area contributed by atoms with Crippen LogP contribution in [0.25, 0.3) is 0 Å². The van der Waals surface area contributed by atoms with Gasteiger partial charge in [-0.3, -0.25) is 4.79 Å². The summed E-state index contributed by atoms with van der Waals surface area (Å²) < 4.78 is 13.3. The molecule has 0 spiro atoms. The van der Waals surface area contributed by atoms with Gasteiger partial charge in [-0.25, -0.2) is 4.39 Å². The van der Waals surface area contributed by atoms with E-state index >= 15 is 0 Å². The zero-order valence-corrected chi connectivity index (χ0v) is 11.4. The summed E-state index contributed by atoms with van der Waals surface area (Å²) in [7, 11) is 0. The van der Waals surface area contributed by atoms with Gasteiger partial charge < -0.3 is 11.1 Å². The highest BCUT2D eigenvalue weighted by Gasteiger charge is 2.46. The van der Waals surface area contributed by atoms with Gasteiger partial charge >= 0.3 is 0 Å². The molecule has 1 aliphatic carbocycles. The molecule has 1 amide bonds. The maximum atomic E-state index is 13.3. The van der Waals surface area contributed by atoms with Crippen molar-refractivity contribution in [3.05, 3.63) is 30.1 Å². The van der Waals surface area contributed by atoms with Crippen molar-refractivity contribution < 1.29 is 9.18 Å². The molecule has 3 N–H and O–H groups in total. The van der Waals surface area contributed by atoms with Crippen molar-refractivity contribution in [1.29, 1.82) is 0 Å². The molecule has 4 heteroatoms. The third-order valence-electron chi connectivity index (χ3n) is 4.49. The number of hydrogen-bond donors (Lipinski definition) is 2. The molecule has 1 aliphatic rings. The minimum atomic E-state index is -0.772. The molecule has 3 atom stereocenters. The number of amides is 1. The lowest BCUT2D eigenvalue weighted by molar-refractivity contribution is -0.125. The van der Waals surface area contributed by atoms with E-state index in [1.54, 1.807) is 12.1 Å². The first-order valence-corrected chi connectivity index (χ1v) is 6.79. The molecule has 0 aliphatic heterocycles. The first-order chi connectivity index (χ1) is 8.95. The molecule has 1 aromatic carbocycles. The quantitative estimate of drug-likeness (QED) is 0.882. The Bertz CT molecular complexity index is 477. The summed E-state index contributed by atoms with van der Waals surface area (Å²) in [4.78, 5) is 12.0. The van der Waals surface area contributed by atoms with Gasteiger partial charge in [-0.2, -0.15) is 0 Å². The van der Waals surface area contributed by atoms with Gasteiger partial charge in [0, 0.05) is 5.69 Å². The Labute approximate surface area is 113 Å². The third kappa shape index (κ3) is 2.57. The highest BCUT2D eigenvalue weighted by molar-refractivity contribution is 5.88. The van der Waals surface area contributed by atoms with Crippen LogP contribution >= 0.6 is 0 Å². The number of nitrogens with one attached hydrogen (secondary N) is 1. The van der Waals surface area contributed by atoms with Gasteiger partial charge in [-0.05, 0) is 36.5 Å². The molecule has 1 fully saturated rings. The number of anilines is 1. The molecular formula is C15H21FN2O. The van der Waals surface area contributed by atoms with Crippen molar-refractivity contribution >= 4 is 11.6 Å². The Balaban J connectivity index is 2.32. The number of rotatable bonds is 3. The van der Waals surface area contributed by atoms with E-state index < -0.39 is 5.54 Å². The van der Waals surface area contributed by atoms with Crippen molar-refractivity contribution in [3.8, 4) is 0 Å². The van der Waals surface area contributed by atoms with E-state index in [9.17, 15) is 9.18 Å². The number of hydrogen-bond acceptors (Lipinski definition) is 2. The summed E-state index contributed by atoms with van der Waals surface area (Å²) in [5, 5.41) is 3.20. The monoisotopic (exact) mass is 264 g/mol. The van der Waals surface area contributed by atoms with E-state index in [-0.39, 0.29) is 17.6 Å². The Morgan fingerprint density at radius 1 is 1.47 bits per heavy atom. The minimum Gasteiger partial charge on any atom is -0.371 e. The molecular weight excluding hydrogens is 243 g/mol. The minimum absolute atomic E-state index is 0.127. The standard InChI is InChI=1S/C15H21FN2O/c1-10-5-4-8-15(11(10)2,14(17)19)18-13-7-3-6-12(16)9-13/h3,6-7,9-11,18H,4-5,8H2,1-2H3,(H2,17,19). The molecule has 0 radical (unpaired) electrons. The molecule has 2 rings (SSSR count). The maximum absolute atomic E-state index is 13.3. The second-order valence-electron chi connectivity index (χ2n) is 5.63. The van der Waals surface area contributed by atoms with Crippen LogP contribution in [0.1, 0.15) is 33.1 Å². The average molecular weight is 264 g/mol. The number of halogens is 1. The first kappa shape index (κ1) is 13.8. The topological polar surface area (TPSA) is 55.1 Å². The highest BCUT2D eigenvalue weighted by atomic mass is 19.1. The number of benzene rings is 1. The lowest BCUT2D eigenvalue weighted by Gasteiger charge is -2.44. The third-order valence-corrected chi connectivity index (χ3v) is 4.49. The lowest BCUT2D eigenvalue weighted by atomic mass is 9.67. The van der Waals surface area contributed by atoms with E-state index in [0.29, 0.717) is 18.0 Å². The predicted octanol–water partition coefficient (Wildman–Crippen LogP) is 2.92. The summed E-state index contributed by atoms with van der Waals surface area (Å²) in [6.45, 7) is 4.18. The van der Waals surface area contributed by atoms with E-state index in [0.717, 1.165) is 12.8 Å². The fourth-order valence-electron chi connectivity index (χ4n) is 3.08. The van der Waals surface area contributed by atoms with E-state index in [4.69, 9.17) is 5.73 Å². The summed E-state index contributed by atoms with van der Waals surface area (Å²) in [6.07, 6.45) is 2.75. The van der Waals surface area contributed by atoms with Crippen molar-refractivity contribution in [1.82, 2.24) is 0 Å². The van der Waals surface area contributed by atoms with Gasteiger partial charge in [-0.15, -0.1) is 0 Å². The zero-order chi connectivity index (χ0) is 14.0. The molecule has 1 saturated carbocycles. The van der Waals surface area contributed by atoms with Gasteiger partial charge in [0.15, 0.2) is 0 Å². The number of carbonyl (C=O) groups is 1. The van der Waals surface area contributed by atoms with E-state index in [1.807, 2.05) is 6.92 Å². The molecule has 0 aromatic heterocycles. The molecule has 3 unspecified atom stereocenters. The summed E-state index contributed by atoms with van der Waals surface area (Å²) >= 11 is 0.